The summed E-state index contributed by atoms with van der Waals surface area (Å²) in [6, 6.07) is -0.281. The van der Waals surface area contributed by atoms with E-state index in [1.165, 1.54) is 4.90 Å². The summed E-state index contributed by atoms with van der Waals surface area (Å²) < 4.78 is 0. The molecule has 2 aliphatic rings. The van der Waals surface area contributed by atoms with Gasteiger partial charge in [0.2, 0.25) is 0 Å². The fraction of sp³-hybridized carbons (Fsp3) is 0.833. The number of nitrogens with zero attached hydrogens (tertiary/aromatic N) is 1. The average molecular weight is 259 g/mol. The van der Waals surface area contributed by atoms with Gasteiger partial charge in [-0.15, -0.1) is 11.6 Å². The van der Waals surface area contributed by atoms with Crippen LogP contribution in [0, 0.1) is 11.8 Å². The van der Waals surface area contributed by atoms with Crippen molar-refractivity contribution in [2.75, 3.05) is 12.4 Å². The smallest absolute Gasteiger partial charge is 0.323 e. The van der Waals surface area contributed by atoms with Crippen molar-refractivity contribution in [2.24, 2.45) is 11.8 Å². The van der Waals surface area contributed by atoms with Gasteiger partial charge in [0, 0.05) is 12.4 Å². The Bertz CT molecular complexity index is 335. The lowest BCUT2D eigenvalue weighted by molar-refractivity contribution is -0.136. The highest BCUT2D eigenvalue weighted by Gasteiger charge is 2.57. The first kappa shape index (κ1) is 12.7. The van der Waals surface area contributed by atoms with Gasteiger partial charge in [-0.05, 0) is 24.7 Å². The lowest BCUT2D eigenvalue weighted by Gasteiger charge is -2.42. The highest BCUT2D eigenvalue weighted by atomic mass is 35.5. The number of alkyl halides is 1. The Balaban J connectivity index is 2.31. The molecule has 2 fully saturated rings. The molecule has 4 nitrogen and oxygen atoms in total. The standard InChI is InChI=1S/C12H19ClN2O2/c1-8-4-3-5-9(2)12(8)10(16)15(7-6-13)11(17)14-12/h8-9H,3-7H2,1-2H3,(H,14,17). The van der Waals surface area contributed by atoms with Crippen molar-refractivity contribution in [3.8, 4) is 0 Å². The number of nitrogens with one attached hydrogen (secondary N) is 1. The first-order chi connectivity index (χ1) is 8.04. The maximum Gasteiger partial charge on any atom is 0.325 e. The molecule has 0 radical (unpaired) electrons. The van der Waals surface area contributed by atoms with Crippen LogP contribution >= 0.6 is 11.6 Å². The molecule has 17 heavy (non-hydrogen) atoms. The Kier molecular flexibility index (Phi) is 3.34. The van der Waals surface area contributed by atoms with E-state index in [-0.39, 0.29) is 29.7 Å². The van der Waals surface area contributed by atoms with Crippen molar-refractivity contribution in [2.45, 2.75) is 38.6 Å². The van der Waals surface area contributed by atoms with Gasteiger partial charge in [0.1, 0.15) is 5.54 Å². The summed E-state index contributed by atoms with van der Waals surface area (Å²) in [5.74, 6) is 0.603. The maximum atomic E-state index is 12.5. The number of rotatable bonds is 2. The zero-order valence-electron chi connectivity index (χ0n) is 10.3. The molecule has 2 rings (SSSR count). The Morgan fingerprint density at radius 2 is 1.94 bits per heavy atom. The molecule has 96 valence electrons. The van der Waals surface area contributed by atoms with Gasteiger partial charge in [0.15, 0.2) is 0 Å². The summed E-state index contributed by atoms with van der Waals surface area (Å²) in [5, 5.41) is 2.93. The van der Waals surface area contributed by atoms with Crippen LogP contribution in [-0.4, -0.2) is 34.8 Å². The van der Waals surface area contributed by atoms with Crippen LogP contribution in [0.4, 0.5) is 4.79 Å². The van der Waals surface area contributed by atoms with E-state index in [4.69, 9.17) is 11.6 Å². The van der Waals surface area contributed by atoms with Gasteiger partial charge in [-0.25, -0.2) is 4.79 Å². The van der Waals surface area contributed by atoms with E-state index in [0.29, 0.717) is 6.54 Å². The molecule has 5 heteroatoms. The fourth-order valence-corrected chi connectivity index (χ4v) is 3.41. The van der Waals surface area contributed by atoms with Crippen molar-refractivity contribution < 1.29 is 9.59 Å². The Morgan fingerprint density at radius 1 is 1.35 bits per heavy atom. The van der Waals surface area contributed by atoms with Gasteiger partial charge in [-0.2, -0.15) is 0 Å². The molecule has 1 spiro atoms. The zero-order chi connectivity index (χ0) is 12.6. The van der Waals surface area contributed by atoms with E-state index in [1.54, 1.807) is 0 Å². The number of hydrogen-bond acceptors (Lipinski definition) is 2. The second-order valence-electron chi connectivity index (χ2n) is 5.18. The van der Waals surface area contributed by atoms with Crippen LogP contribution in [0.15, 0.2) is 0 Å². The fourth-order valence-electron chi connectivity index (χ4n) is 3.24. The number of carbonyl (C=O) groups is 2. The predicted molar refractivity (Wildman–Crippen MR) is 65.9 cm³/mol. The van der Waals surface area contributed by atoms with Crippen molar-refractivity contribution in [1.29, 1.82) is 0 Å². The van der Waals surface area contributed by atoms with Crippen molar-refractivity contribution in [3.05, 3.63) is 0 Å². The summed E-state index contributed by atoms with van der Waals surface area (Å²) in [6.07, 6.45) is 3.11. The summed E-state index contributed by atoms with van der Waals surface area (Å²) >= 11 is 5.64. The van der Waals surface area contributed by atoms with E-state index < -0.39 is 5.54 Å². The van der Waals surface area contributed by atoms with Crippen LogP contribution in [0.3, 0.4) is 0 Å². The van der Waals surface area contributed by atoms with Gasteiger partial charge < -0.3 is 5.32 Å². The molecule has 2 unspecified atom stereocenters. The van der Waals surface area contributed by atoms with Gasteiger partial charge in [0.25, 0.3) is 5.91 Å². The number of urea groups is 1. The molecular weight excluding hydrogens is 240 g/mol. The largest absolute Gasteiger partial charge is 0.325 e. The molecular formula is C12H19ClN2O2. The van der Waals surface area contributed by atoms with Gasteiger partial charge in [-0.3, -0.25) is 9.69 Å². The Labute approximate surface area is 107 Å². The van der Waals surface area contributed by atoms with Crippen LogP contribution < -0.4 is 5.32 Å². The third-order valence-corrected chi connectivity index (χ3v) is 4.46. The minimum absolute atomic E-state index is 0.0807. The molecule has 0 bridgehead atoms. The molecule has 1 aliphatic carbocycles. The quantitative estimate of drug-likeness (QED) is 0.608. The number of hydrogen-bond donors (Lipinski definition) is 1. The molecule has 1 aliphatic heterocycles. The van der Waals surface area contributed by atoms with E-state index >= 15 is 0 Å². The van der Waals surface area contributed by atoms with Crippen LogP contribution in [0.25, 0.3) is 0 Å². The molecule has 0 aromatic heterocycles. The summed E-state index contributed by atoms with van der Waals surface area (Å²) in [5.41, 5.74) is -0.679. The number of amides is 3. The van der Waals surface area contributed by atoms with Crippen LogP contribution in [0.1, 0.15) is 33.1 Å². The molecule has 1 saturated heterocycles. The maximum absolute atomic E-state index is 12.5. The van der Waals surface area contributed by atoms with Gasteiger partial charge >= 0.3 is 6.03 Å². The van der Waals surface area contributed by atoms with E-state index in [9.17, 15) is 9.59 Å². The number of halogens is 1. The van der Waals surface area contributed by atoms with Gasteiger partial charge in [-0.1, -0.05) is 20.3 Å². The Morgan fingerprint density at radius 3 is 2.47 bits per heavy atom. The molecule has 0 aromatic carbocycles. The minimum Gasteiger partial charge on any atom is -0.323 e. The first-order valence-electron chi connectivity index (χ1n) is 6.24. The number of imide groups is 1. The normalized spacial score (nSPS) is 37.7. The highest BCUT2D eigenvalue weighted by molar-refractivity contribution is 6.18. The van der Waals surface area contributed by atoms with E-state index in [1.807, 2.05) is 0 Å². The summed E-state index contributed by atoms with van der Waals surface area (Å²) in [6.45, 7) is 4.41. The highest BCUT2D eigenvalue weighted by Crippen LogP contribution is 2.41. The predicted octanol–water partition coefficient (Wildman–Crippen LogP) is 1.97. The third kappa shape index (κ3) is 1.73. The topological polar surface area (TPSA) is 49.4 Å². The molecule has 1 saturated carbocycles. The average Bonchev–Trinajstić information content (AvgIpc) is 2.53. The Hall–Kier alpha value is -0.770. The first-order valence-corrected chi connectivity index (χ1v) is 6.77. The summed E-state index contributed by atoms with van der Waals surface area (Å²) in [7, 11) is 0. The zero-order valence-corrected chi connectivity index (χ0v) is 11.1. The molecule has 1 N–H and O–H groups in total. The van der Waals surface area contributed by atoms with Crippen molar-refractivity contribution in [3.63, 3.8) is 0 Å². The van der Waals surface area contributed by atoms with Gasteiger partial charge in [0.05, 0.1) is 0 Å². The summed E-state index contributed by atoms with van der Waals surface area (Å²) in [4.78, 5) is 25.6. The van der Waals surface area contributed by atoms with Crippen LogP contribution in [0.2, 0.25) is 0 Å². The van der Waals surface area contributed by atoms with Crippen LogP contribution in [0.5, 0.6) is 0 Å². The second-order valence-corrected chi connectivity index (χ2v) is 5.56. The number of carbonyl (C=O) groups excluding carboxylic acids is 2. The van der Waals surface area contributed by atoms with Crippen molar-refractivity contribution in [1.82, 2.24) is 10.2 Å². The lowest BCUT2D eigenvalue weighted by atomic mass is 9.67. The van der Waals surface area contributed by atoms with Crippen LogP contribution in [-0.2, 0) is 4.79 Å². The molecule has 1 heterocycles. The SMILES string of the molecule is CC1CCCC(C)C12NC(=O)N(CCCl)C2=O. The molecule has 2 atom stereocenters. The minimum atomic E-state index is -0.679. The third-order valence-electron chi connectivity index (χ3n) is 4.29. The second kappa shape index (κ2) is 4.48. The molecule has 0 aromatic rings. The molecule has 3 amide bonds. The lowest BCUT2D eigenvalue weighted by Crippen LogP contribution is -2.58. The van der Waals surface area contributed by atoms with E-state index in [0.717, 1.165) is 19.3 Å². The monoisotopic (exact) mass is 258 g/mol. The van der Waals surface area contributed by atoms with Crippen molar-refractivity contribution >= 4 is 23.5 Å². The van der Waals surface area contributed by atoms with E-state index in [2.05, 4.69) is 19.2 Å².